The van der Waals surface area contributed by atoms with E-state index in [0.29, 0.717) is 25.1 Å². The monoisotopic (exact) mass is 378 g/mol. The van der Waals surface area contributed by atoms with Gasteiger partial charge in [-0.1, -0.05) is 60.7 Å². The highest BCUT2D eigenvalue weighted by molar-refractivity contribution is 6.01. The minimum atomic E-state index is -1.06. The molecule has 0 spiro atoms. The van der Waals surface area contributed by atoms with Gasteiger partial charge >= 0.3 is 0 Å². The maximum Gasteiger partial charge on any atom is 0.255 e. The van der Waals surface area contributed by atoms with Crippen LogP contribution < -0.4 is 5.32 Å². The number of benzene rings is 2. The van der Waals surface area contributed by atoms with Crippen LogP contribution in [-0.2, 0) is 16.0 Å². The molecule has 0 aliphatic carbocycles. The molecule has 2 amide bonds. The predicted octanol–water partition coefficient (Wildman–Crippen LogP) is 2.83. The molecule has 5 heteroatoms. The molecule has 1 aliphatic heterocycles. The van der Waals surface area contributed by atoms with Gasteiger partial charge in [0.1, 0.15) is 5.54 Å². The fourth-order valence-electron chi connectivity index (χ4n) is 3.54. The SMILES string of the molecule is COCCNC(=O)[C@@]1(C)C=C[C@@H](Cc2ccccc2)N1C(=O)c1ccccc1. The number of rotatable bonds is 7. The van der Waals surface area contributed by atoms with Crippen LogP contribution >= 0.6 is 0 Å². The van der Waals surface area contributed by atoms with E-state index in [1.807, 2.05) is 60.7 Å². The Morgan fingerprint density at radius 2 is 1.71 bits per heavy atom. The second kappa shape index (κ2) is 8.85. The lowest BCUT2D eigenvalue weighted by atomic mass is 9.98. The molecular formula is C23H26N2O3. The van der Waals surface area contributed by atoms with Gasteiger partial charge in [-0.05, 0) is 31.0 Å². The Labute approximate surface area is 166 Å². The van der Waals surface area contributed by atoms with Crippen LogP contribution in [0.3, 0.4) is 0 Å². The van der Waals surface area contributed by atoms with E-state index in [1.165, 1.54) is 0 Å². The summed E-state index contributed by atoms with van der Waals surface area (Å²) in [6.45, 7) is 2.61. The van der Waals surface area contributed by atoms with Crippen molar-refractivity contribution >= 4 is 11.8 Å². The van der Waals surface area contributed by atoms with E-state index in [9.17, 15) is 9.59 Å². The number of hydrogen-bond acceptors (Lipinski definition) is 3. The van der Waals surface area contributed by atoms with Crippen LogP contribution in [0.15, 0.2) is 72.8 Å². The lowest BCUT2D eigenvalue weighted by Gasteiger charge is -2.37. The second-order valence-electron chi connectivity index (χ2n) is 7.05. The summed E-state index contributed by atoms with van der Waals surface area (Å²) in [6, 6.07) is 18.9. The summed E-state index contributed by atoms with van der Waals surface area (Å²) in [5, 5.41) is 2.88. The van der Waals surface area contributed by atoms with Gasteiger partial charge in [0, 0.05) is 19.2 Å². The number of carbonyl (C=O) groups excluding carboxylic acids is 2. The molecule has 2 atom stereocenters. The average Bonchev–Trinajstić information content (AvgIpc) is 3.06. The Hall–Kier alpha value is -2.92. The molecule has 0 radical (unpaired) electrons. The molecule has 3 rings (SSSR count). The van der Waals surface area contributed by atoms with Gasteiger partial charge in [-0.2, -0.15) is 0 Å². The Bertz CT molecular complexity index is 835. The fourth-order valence-corrected chi connectivity index (χ4v) is 3.54. The van der Waals surface area contributed by atoms with Crippen LogP contribution in [0.1, 0.15) is 22.8 Å². The Kier molecular flexibility index (Phi) is 6.26. The molecule has 0 bridgehead atoms. The third-order valence-corrected chi connectivity index (χ3v) is 5.05. The highest BCUT2D eigenvalue weighted by Gasteiger charge is 2.47. The maximum atomic E-state index is 13.4. The molecule has 1 aliphatic rings. The molecule has 5 nitrogen and oxygen atoms in total. The van der Waals surface area contributed by atoms with Gasteiger partial charge in [0.25, 0.3) is 5.91 Å². The van der Waals surface area contributed by atoms with Crippen LogP contribution in [0.2, 0.25) is 0 Å². The minimum absolute atomic E-state index is 0.157. The third-order valence-electron chi connectivity index (χ3n) is 5.05. The van der Waals surface area contributed by atoms with Crippen molar-refractivity contribution in [2.45, 2.75) is 24.9 Å². The highest BCUT2D eigenvalue weighted by Crippen LogP contribution is 2.31. The van der Waals surface area contributed by atoms with Gasteiger partial charge in [0.05, 0.1) is 12.6 Å². The van der Waals surface area contributed by atoms with Gasteiger partial charge < -0.3 is 15.0 Å². The zero-order chi connectivity index (χ0) is 20.0. The lowest BCUT2D eigenvalue weighted by molar-refractivity contribution is -0.128. The van der Waals surface area contributed by atoms with Gasteiger partial charge in [0.15, 0.2) is 0 Å². The largest absolute Gasteiger partial charge is 0.383 e. The topological polar surface area (TPSA) is 58.6 Å². The Morgan fingerprint density at radius 3 is 2.36 bits per heavy atom. The highest BCUT2D eigenvalue weighted by atomic mass is 16.5. The third kappa shape index (κ3) is 4.15. The second-order valence-corrected chi connectivity index (χ2v) is 7.05. The van der Waals surface area contributed by atoms with E-state index in [4.69, 9.17) is 4.74 Å². The predicted molar refractivity (Wildman–Crippen MR) is 109 cm³/mol. The molecule has 1 N–H and O–H groups in total. The number of nitrogens with one attached hydrogen (secondary N) is 1. The van der Waals surface area contributed by atoms with Crippen molar-refractivity contribution in [3.05, 3.63) is 83.9 Å². The number of carbonyl (C=O) groups is 2. The number of ether oxygens (including phenoxy) is 1. The van der Waals surface area contributed by atoms with Crippen LogP contribution in [0.25, 0.3) is 0 Å². The summed E-state index contributed by atoms with van der Waals surface area (Å²) in [4.78, 5) is 28.0. The minimum Gasteiger partial charge on any atom is -0.383 e. The fraction of sp³-hybridized carbons (Fsp3) is 0.304. The smallest absolute Gasteiger partial charge is 0.255 e. The normalized spacial score (nSPS) is 20.9. The molecule has 0 unspecified atom stereocenters. The Morgan fingerprint density at radius 1 is 1.07 bits per heavy atom. The first-order valence-corrected chi connectivity index (χ1v) is 9.45. The molecule has 0 saturated carbocycles. The lowest BCUT2D eigenvalue weighted by Crippen LogP contribution is -2.58. The zero-order valence-corrected chi connectivity index (χ0v) is 16.3. The van der Waals surface area contributed by atoms with Crippen molar-refractivity contribution in [2.24, 2.45) is 0 Å². The van der Waals surface area contributed by atoms with Gasteiger partial charge in [0.2, 0.25) is 5.91 Å². The number of methoxy groups -OCH3 is 1. The van der Waals surface area contributed by atoms with Crippen LogP contribution in [0.5, 0.6) is 0 Å². The number of nitrogens with zero attached hydrogens (tertiary/aromatic N) is 1. The number of hydrogen-bond donors (Lipinski definition) is 1. The molecule has 0 fully saturated rings. The molecule has 2 aromatic carbocycles. The molecule has 28 heavy (non-hydrogen) atoms. The summed E-state index contributed by atoms with van der Waals surface area (Å²) in [5.41, 5.74) is 0.632. The van der Waals surface area contributed by atoms with E-state index in [1.54, 1.807) is 31.1 Å². The summed E-state index contributed by atoms with van der Waals surface area (Å²) < 4.78 is 5.02. The summed E-state index contributed by atoms with van der Waals surface area (Å²) in [7, 11) is 1.59. The van der Waals surface area contributed by atoms with Crippen molar-refractivity contribution in [2.75, 3.05) is 20.3 Å². The summed E-state index contributed by atoms with van der Waals surface area (Å²) >= 11 is 0. The summed E-state index contributed by atoms with van der Waals surface area (Å²) in [5.74, 6) is -0.364. The quantitative estimate of drug-likeness (QED) is 0.595. The average molecular weight is 378 g/mol. The van der Waals surface area contributed by atoms with Crippen molar-refractivity contribution in [3.8, 4) is 0 Å². The standard InChI is InChI=1S/C23H26N2O3/c1-23(22(27)24-15-16-28-2)14-13-20(17-18-9-5-3-6-10-18)25(23)21(26)19-11-7-4-8-12-19/h3-14,20H,15-17H2,1-2H3,(H,24,27)/t20-,23+/m0/s1. The van der Waals surface area contributed by atoms with Crippen molar-refractivity contribution in [3.63, 3.8) is 0 Å². The van der Waals surface area contributed by atoms with Crippen molar-refractivity contribution in [1.82, 2.24) is 10.2 Å². The molecule has 2 aromatic rings. The van der Waals surface area contributed by atoms with Gasteiger partial charge in [-0.3, -0.25) is 9.59 Å². The first-order valence-electron chi connectivity index (χ1n) is 9.45. The van der Waals surface area contributed by atoms with Crippen LogP contribution in [0, 0.1) is 0 Å². The van der Waals surface area contributed by atoms with E-state index in [2.05, 4.69) is 5.32 Å². The summed E-state index contributed by atoms with van der Waals surface area (Å²) in [6.07, 6.45) is 4.45. The van der Waals surface area contributed by atoms with Crippen LogP contribution in [-0.4, -0.2) is 48.6 Å². The van der Waals surface area contributed by atoms with Crippen molar-refractivity contribution in [1.29, 1.82) is 0 Å². The first kappa shape index (κ1) is 19.8. The molecular weight excluding hydrogens is 352 g/mol. The number of amides is 2. The zero-order valence-electron chi connectivity index (χ0n) is 16.3. The van der Waals surface area contributed by atoms with E-state index < -0.39 is 5.54 Å². The van der Waals surface area contributed by atoms with E-state index in [0.717, 1.165) is 5.56 Å². The molecule has 0 saturated heterocycles. The Balaban J connectivity index is 1.89. The van der Waals surface area contributed by atoms with Crippen molar-refractivity contribution < 1.29 is 14.3 Å². The van der Waals surface area contributed by atoms with E-state index >= 15 is 0 Å². The molecule has 1 heterocycles. The maximum absolute atomic E-state index is 13.4. The molecule has 146 valence electrons. The van der Waals surface area contributed by atoms with Gasteiger partial charge in [-0.15, -0.1) is 0 Å². The first-order chi connectivity index (χ1) is 13.6. The van der Waals surface area contributed by atoms with Crippen LogP contribution in [0.4, 0.5) is 0 Å². The van der Waals surface area contributed by atoms with Gasteiger partial charge in [-0.25, -0.2) is 0 Å². The van der Waals surface area contributed by atoms with E-state index in [-0.39, 0.29) is 17.9 Å². The molecule has 0 aromatic heterocycles.